The molecule has 2 aliphatic rings. The Morgan fingerprint density at radius 3 is 1.91 bits per heavy atom. The maximum atomic E-state index is 13.7. The predicted molar refractivity (Wildman–Crippen MR) is 151 cm³/mol. The van der Waals surface area contributed by atoms with Crippen molar-refractivity contribution in [2.75, 3.05) is 13.1 Å². The monoisotopic (exact) mass is 682 g/mol. The molecular formula is C32H35F9N2O4. The molecule has 1 aliphatic heterocycles. The molecule has 47 heavy (non-hydrogen) atoms. The number of carbonyl (C=O) groups excluding carboxylic acids is 1. The lowest BCUT2D eigenvalue weighted by Crippen LogP contribution is -2.34. The Kier molecular flexibility index (Phi) is 10.8. The van der Waals surface area contributed by atoms with E-state index < -0.39 is 71.5 Å². The summed E-state index contributed by atoms with van der Waals surface area (Å²) in [5.41, 5.74) is -4.14. The molecule has 1 N–H and O–H groups in total. The number of ether oxygens (including phenoxy) is 1. The molecule has 0 unspecified atom stereocenters. The zero-order valence-corrected chi connectivity index (χ0v) is 25.6. The normalized spacial score (nSPS) is 22.6. The SMILES string of the molecule is CCN(Cc1ccc(C(F)(F)F)cc1CN1C(=O)O[C@H](c2cc(C(F)(F)F)cc(C(F)(F)F)c2)[C@@H]1C)CC1CCC(CC(=O)O)CC1. The molecule has 6 nitrogen and oxygen atoms in total. The lowest BCUT2D eigenvalue weighted by Gasteiger charge is -2.32. The number of carboxylic acids is 1. The summed E-state index contributed by atoms with van der Waals surface area (Å²) < 4.78 is 127. The third-order valence-electron chi connectivity index (χ3n) is 8.99. The topological polar surface area (TPSA) is 70.1 Å². The first-order valence-electron chi connectivity index (χ1n) is 15.2. The summed E-state index contributed by atoms with van der Waals surface area (Å²) in [6.45, 7) is 4.15. The molecule has 2 fully saturated rings. The van der Waals surface area contributed by atoms with E-state index in [4.69, 9.17) is 9.84 Å². The molecule has 1 saturated heterocycles. The van der Waals surface area contributed by atoms with Crippen molar-refractivity contribution in [3.05, 3.63) is 69.8 Å². The third-order valence-corrected chi connectivity index (χ3v) is 8.99. The molecule has 4 rings (SSSR count). The second-order valence-electron chi connectivity index (χ2n) is 12.3. The first-order valence-corrected chi connectivity index (χ1v) is 15.2. The molecule has 2 atom stereocenters. The van der Waals surface area contributed by atoms with E-state index in [0.29, 0.717) is 30.8 Å². The number of aliphatic carboxylic acids is 1. The highest BCUT2D eigenvalue weighted by Crippen LogP contribution is 2.42. The molecule has 1 saturated carbocycles. The van der Waals surface area contributed by atoms with Gasteiger partial charge < -0.3 is 9.84 Å². The highest BCUT2D eigenvalue weighted by atomic mass is 19.4. The van der Waals surface area contributed by atoms with Gasteiger partial charge in [-0.3, -0.25) is 14.6 Å². The van der Waals surface area contributed by atoms with Crippen molar-refractivity contribution in [1.29, 1.82) is 0 Å². The quantitative estimate of drug-likeness (QED) is 0.254. The first kappa shape index (κ1) is 36.3. The summed E-state index contributed by atoms with van der Waals surface area (Å²) in [4.78, 5) is 27.0. The Hall–Kier alpha value is -3.49. The smallest absolute Gasteiger partial charge is 0.416 e. The summed E-state index contributed by atoms with van der Waals surface area (Å²) in [6.07, 6.45) is -14.4. The van der Waals surface area contributed by atoms with Crippen molar-refractivity contribution in [2.45, 2.75) is 89.7 Å². The number of amides is 1. The zero-order valence-electron chi connectivity index (χ0n) is 25.6. The summed E-state index contributed by atoms with van der Waals surface area (Å²) >= 11 is 0. The van der Waals surface area contributed by atoms with Crippen LogP contribution in [-0.4, -0.2) is 46.1 Å². The largest absolute Gasteiger partial charge is 0.481 e. The van der Waals surface area contributed by atoms with E-state index in [1.165, 1.54) is 13.0 Å². The van der Waals surface area contributed by atoms with Gasteiger partial charge in [-0.15, -0.1) is 0 Å². The standard InChI is InChI=1S/C32H35F9N2O4/c1-3-42(15-20-6-4-19(5-7-20)10-27(44)45)16-21-8-9-24(30(33,34)35)13-23(21)17-43-18(2)28(47-29(43)46)22-11-25(31(36,37)38)14-26(12-22)32(39,40)41/h8-9,11-14,18-20,28H,3-7,10,15-17H2,1-2H3,(H,44,45)/t18-,19?,20?,28-/m0/s1. The maximum Gasteiger partial charge on any atom is 0.416 e. The van der Waals surface area contributed by atoms with Gasteiger partial charge in [-0.2, -0.15) is 39.5 Å². The number of benzene rings is 2. The molecule has 1 heterocycles. The molecule has 1 aliphatic carbocycles. The Morgan fingerprint density at radius 2 is 1.40 bits per heavy atom. The second-order valence-corrected chi connectivity index (χ2v) is 12.3. The van der Waals surface area contributed by atoms with Crippen LogP contribution in [0.3, 0.4) is 0 Å². The van der Waals surface area contributed by atoms with Crippen LogP contribution in [-0.2, 0) is 41.1 Å². The van der Waals surface area contributed by atoms with Crippen molar-refractivity contribution in [3.63, 3.8) is 0 Å². The van der Waals surface area contributed by atoms with E-state index in [-0.39, 0.29) is 36.4 Å². The number of alkyl halides is 9. The average Bonchev–Trinajstić information content (AvgIpc) is 3.25. The maximum absolute atomic E-state index is 13.7. The number of hydrogen-bond donors (Lipinski definition) is 1. The number of nitrogens with zero attached hydrogens (tertiary/aromatic N) is 2. The summed E-state index contributed by atoms with van der Waals surface area (Å²) in [5.74, 6) is -0.495. The van der Waals surface area contributed by atoms with Gasteiger partial charge in [-0.25, -0.2) is 4.79 Å². The minimum Gasteiger partial charge on any atom is -0.481 e. The lowest BCUT2D eigenvalue weighted by atomic mass is 9.80. The van der Waals surface area contributed by atoms with Crippen LogP contribution in [0.2, 0.25) is 0 Å². The molecule has 1 amide bonds. The molecule has 0 aromatic heterocycles. The van der Waals surface area contributed by atoms with Crippen LogP contribution < -0.4 is 0 Å². The fraction of sp³-hybridized carbons (Fsp3) is 0.562. The number of rotatable bonds is 10. The van der Waals surface area contributed by atoms with Gasteiger partial charge in [-0.1, -0.05) is 13.0 Å². The van der Waals surface area contributed by atoms with E-state index in [2.05, 4.69) is 0 Å². The van der Waals surface area contributed by atoms with Gasteiger partial charge in [-0.05, 0) is 98.0 Å². The lowest BCUT2D eigenvalue weighted by molar-refractivity contribution is -0.143. The van der Waals surface area contributed by atoms with E-state index in [1.807, 2.05) is 11.8 Å². The molecule has 0 bridgehead atoms. The highest BCUT2D eigenvalue weighted by molar-refractivity contribution is 5.71. The van der Waals surface area contributed by atoms with Gasteiger partial charge >= 0.3 is 30.6 Å². The highest BCUT2D eigenvalue weighted by Gasteiger charge is 2.44. The van der Waals surface area contributed by atoms with Gasteiger partial charge in [0.25, 0.3) is 0 Å². The predicted octanol–water partition coefficient (Wildman–Crippen LogP) is 8.93. The zero-order chi connectivity index (χ0) is 34.9. The van der Waals surface area contributed by atoms with Crippen LogP contribution in [0.15, 0.2) is 36.4 Å². The van der Waals surface area contributed by atoms with Crippen LogP contribution in [0.25, 0.3) is 0 Å². The van der Waals surface area contributed by atoms with E-state index in [1.54, 1.807) is 0 Å². The minimum atomic E-state index is -5.13. The van der Waals surface area contributed by atoms with Crippen molar-refractivity contribution >= 4 is 12.1 Å². The van der Waals surface area contributed by atoms with Crippen molar-refractivity contribution < 1.29 is 58.9 Å². The van der Waals surface area contributed by atoms with Gasteiger partial charge in [0, 0.05) is 26.1 Å². The summed E-state index contributed by atoms with van der Waals surface area (Å²) in [7, 11) is 0. The average molecular weight is 683 g/mol. The van der Waals surface area contributed by atoms with Gasteiger partial charge in [0.05, 0.1) is 22.7 Å². The summed E-state index contributed by atoms with van der Waals surface area (Å²) in [5, 5.41) is 9.07. The molecule has 0 radical (unpaired) electrons. The fourth-order valence-corrected chi connectivity index (χ4v) is 6.37. The van der Waals surface area contributed by atoms with Crippen LogP contribution in [0.5, 0.6) is 0 Å². The van der Waals surface area contributed by atoms with Gasteiger partial charge in [0.2, 0.25) is 0 Å². The number of cyclic esters (lactones) is 1. The van der Waals surface area contributed by atoms with E-state index in [9.17, 15) is 49.1 Å². The number of hydrogen-bond acceptors (Lipinski definition) is 4. The molecule has 15 heteroatoms. The minimum absolute atomic E-state index is 0.0428. The second kappa shape index (κ2) is 13.9. The number of carboxylic acid groups (broad SMARTS) is 1. The van der Waals surface area contributed by atoms with Crippen LogP contribution in [0.4, 0.5) is 44.3 Å². The molecule has 260 valence electrons. The number of halogens is 9. The Balaban J connectivity index is 1.58. The van der Waals surface area contributed by atoms with Crippen molar-refractivity contribution in [1.82, 2.24) is 9.80 Å². The molecule has 2 aromatic rings. The molecular weight excluding hydrogens is 647 g/mol. The Bertz CT molecular complexity index is 1400. The van der Waals surface area contributed by atoms with Crippen LogP contribution >= 0.6 is 0 Å². The third kappa shape index (κ3) is 9.11. The fourth-order valence-electron chi connectivity index (χ4n) is 6.37. The number of carbonyl (C=O) groups is 2. The van der Waals surface area contributed by atoms with Gasteiger partial charge in [0.15, 0.2) is 0 Å². The van der Waals surface area contributed by atoms with Crippen molar-refractivity contribution in [2.24, 2.45) is 11.8 Å². The van der Waals surface area contributed by atoms with Crippen molar-refractivity contribution in [3.8, 4) is 0 Å². The first-order chi connectivity index (χ1) is 21.8. The van der Waals surface area contributed by atoms with Gasteiger partial charge in [0.1, 0.15) is 6.10 Å². The summed E-state index contributed by atoms with van der Waals surface area (Å²) in [6, 6.07) is 2.88. The molecule has 2 aromatic carbocycles. The van der Waals surface area contributed by atoms with E-state index >= 15 is 0 Å². The van der Waals surface area contributed by atoms with Crippen LogP contribution in [0, 0.1) is 11.8 Å². The Morgan fingerprint density at radius 1 is 0.851 bits per heavy atom. The van der Waals surface area contributed by atoms with Crippen LogP contribution in [0.1, 0.15) is 85.4 Å². The molecule has 0 spiro atoms. The van der Waals surface area contributed by atoms with E-state index in [0.717, 1.165) is 42.7 Å². The Labute approximate surface area is 265 Å².